The first-order chi connectivity index (χ1) is 11.5. The summed E-state index contributed by atoms with van der Waals surface area (Å²) < 4.78 is 10.9. The summed E-state index contributed by atoms with van der Waals surface area (Å²) in [5, 5.41) is 14.5. The molecule has 7 nitrogen and oxygen atoms in total. The van der Waals surface area contributed by atoms with E-state index in [0.29, 0.717) is 17.3 Å². The van der Waals surface area contributed by atoms with Crippen LogP contribution in [-0.2, 0) is 6.61 Å². The molecule has 3 rings (SSSR count). The molecule has 3 aromatic rings. The molecule has 0 N–H and O–H groups in total. The van der Waals surface area contributed by atoms with E-state index in [4.69, 9.17) is 9.26 Å². The van der Waals surface area contributed by atoms with Crippen LogP contribution in [0, 0.1) is 24.0 Å². The smallest absolute Gasteiger partial charge is 0.269 e. The molecule has 0 radical (unpaired) electrons. The van der Waals surface area contributed by atoms with Gasteiger partial charge in [-0.25, -0.2) is 0 Å². The number of hydrogen-bond acceptors (Lipinski definition) is 6. The zero-order valence-electron chi connectivity index (χ0n) is 13.2. The second-order valence-corrected chi connectivity index (χ2v) is 5.30. The standard InChI is InChI=1S/C17H15N3O4/c1-11-4-3-5-15(12(11)2)23-10-16-18-17(19-24-16)13-6-8-14(9-7-13)20(21)22/h3-9H,10H2,1-2H3. The second-order valence-electron chi connectivity index (χ2n) is 5.30. The highest BCUT2D eigenvalue weighted by Crippen LogP contribution is 2.23. The Morgan fingerprint density at radius 3 is 2.62 bits per heavy atom. The fourth-order valence-electron chi connectivity index (χ4n) is 2.18. The van der Waals surface area contributed by atoms with Gasteiger partial charge >= 0.3 is 0 Å². The molecule has 0 aliphatic heterocycles. The number of non-ortho nitro benzene ring substituents is 1. The molecule has 0 atom stereocenters. The molecule has 0 fully saturated rings. The molecule has 0 aliphatic carbocycles. The van der Waals surface area contributed by atoms with Crippen molar-refractivity contribution in [2.75, 3.05) is 0 Å². The molecule has 2 aromatic carbocycles. The Kier molecular flexibility index (Phi) is 4.24. The second kappa shape index (κ2) is 6.49. The van der Waals surface area contributed by atoms with Crippen LogP contribution in [0.15, 0.2) is 47.0 Å². The Balaban J connectivity index is 1.71. The quantitative estimate of drug-likeness (QED) is 0.523. The predicted molar refractivity (Wildman–Crippen MR) is 86.6 cm³/mol. The van der Waals surface area contributed by atoms with Gasteiger partial charge in [-0.05, 0) is 43.2 Å². The fourth-order valence-corrected chi connectivity index (χ4v) is 2.18. The lowest BCUT2D eigenvalue weighted by molar-refractivity contribution is -0.384. The molecule has 0 unspecified atom stereocenters. The third-order valence-electron chi connectivity index (χ3n) is 3.71. The van der Waals surface area contributed by atoms with Crippen LogP contribution in [0.25, 0.3) is 11.4 Å². The average molecular weight is 325 g/mol. The van der Waals surface area contributed by atoms with Crippen LogP contribution in [0.1, 0.15) is 17.0 Å². The molecule has 0 bridgehead atoms. The van der Waals surface area contributed by atoms with Crippen molar-refractivity contribution in [3.63, 3.8) is 0 Å². The fraction of sp³-hybridized carbons (Fsp3) is 0.176. The Morgan fingerprint density at radius 1 is 1.17 bits per heavy atom. The average Bonchev–Trinajstić information content (AvgIpc) is 3.05. The highest BCUT2D eigenvalue weighted by molar-refractivity contribution is 5.56. The summed E-state index contributed by atoms with van der Waals surface area (Å²) in [6.07, 6.45) is 0. The summed E-state index contributed by atoms with van der Waals surface area (Å²) in [7, 11) is 0. The molecule has 122 valence electrons. The van der Waals surface area contributed by atoms with Crippen LogP contribution in [-0.4, -0.2) is 15.1 Å². The van der Waals surface area contributed by atoms with E-state index in [1.165, 1.54) is 12.1 Å². The predicted octanol–water partition coefficient (Wildman–Crippen LogP) is 3.84. The van der Waals surface area contributed by atoms with Gasteiger partial charge in [-0.1, -0.05) is 17.3 Å². The first-order valence-corrected chi connectivity index (χ1v) is 7.31. The van der Waals surface area contributed by atoms with Crippen molar-refractivity contribution < 1.29 is 14.2 Å². The number of nitrogens with zero attached hydrogens (tertiary/aromatic N) is 3. The molecule has 24 heavy (non-hydrogen) atoms. The normalized spacial score (nSPS) is 10.6. The first kappa shape index (κ1) is 15.7. The van der Waals surface area contributed by atoms with E-state index in [0.717, 1.165) is 16.9 Å². The third kappa shape index (κ3) is 3.24. The number of rotatable bonds is 5. The van der Waals surface area contributed by atoms with E-state index in [9.17, 15) is 10.1 Å². The molecule has 1 aromatic heterocycles. The highest BCUT2D eigenvalue weighted by Gasteiger charge is 2.12. The van der Waals surface area contributed by atoms with E-state index in [1.807, 2.05) is 32.0 Å². The molecule has 0 aliphatic rings. The summed E-state index contributed by atoms with van der Waals surface area (Å²) in [4.78, 5) is 14.5. The van der Waals surface area contributed by atoms with Gasteiger partial charge < -0.3 is 9.26 Å². The van der Waals surface area contributed by atoms with Crippen molar-refractivity contribution in [2.45, 2.75) is 20.5 Å². The van der Waals surface area contributed by atoms with Gasteiger partial charge in [0.1, 0.15) is 5.75 Å². The van der Waals surface area contributed by atoms with E-state index in [2.05, 4.69) is 10.1 Å². The lowest BCUT2D eigenvalue weighted by atomic mass is 10.1. The zero-order valence-corrected chi connectivity index (χ0v) is 13.2. The first-order valence-electron chi connectivity index (χ1n) is 7.31. The van der Waals surface area contributed by atoms with Crippen LogP contribution >= 0.6 is 0 Å². The number of nitro benzene ring substituents is 1. The monoisotopic (exact) mass is 325 g/mol. The number of ether oxygens (including phenoxy) is 1. The maximum atomic E-state index is 10.7. The van der Waals surface area contributed by atoms with E-state index in [1.54, 1.807) is 12.1 Å². The van der Waals surface area contributed by atoms with Gasteiger partial charge in [-0.2, -0.15) is 4.98 Å². The lowest BCUT2D eigenvalue weighted by Gasteiger charge is -2.08. The van der Waals surface area contributed by atoms with E-state index in [-0.39, 0.29) is 12.3 Å². The molecule has 0 spiro atoms. The number of aryl methyl sites for hydroxylation is 1. The molecular formula is C17H15N3O4. The molecular weight excluding hydrogens is 310 g/mol. The maximum Gasteiger partial charge on any atom is 0.269 e. The zero-order chi connectivity index (χ0) is 17.1. The molecule has 0 saturated heterocycles. The lowest BCUT2D eigenvalue weighted by Crippen LogP contribution is -1.98. The van der Waals surface area contributed by atoms with Gasteiger partial charge in [-0.15, -0.1) is 0 Å². The Morgan fingerprint density at radius 2 is 1.92 bits per heavy atom. The van der Waals surface area contributed by atoms with Crippen LogP contribution in [0.3, 0.4) is 0 Å². The Bertz CT molecular complexity index is 872. The van der Waals surface area contributed by atoms with Gasteiger partial charge in [-0.3, -0.25) is 10.1 Å². The Hall–Kier alpha value is -3.22. The van der Waals surface area contributed by atoms with Crippen molar-refractivity contribution in [1.29, 1.82) is 0 Å². The van der Waals surface area contributed by atoms with Crippen LogP contribution < -0.4 is 4.74 Å². The number of hydrogen-bond donors (Lipinski definition) is 0. The van der Waals surface area contributed by atoms with Crippen molar-refractivity contribution in [3.05, 3.63) is 69.6 Å². The topological polar surface area (TPSA) is 91.3 Å². The van der Waals surface area contributed by atoms with Gasteiger partial charge in [0.05, 0.1) is 4.92 Å². The van der Waals surface area contributed by atoms with E-state index < -0.39 is 4.92 Å². The number of benzene rings is 2. The summed E-state index contributed by atoms with van der Waals surface area (Å²) in [5.41, 5.74) is 2.86. The van der Waals surface area contributed by atoms with Gasteiger partial charge in [0.2, 0.25) is 5.82 Å². The molecule has 0 saturated carbocycles. The summed E-state index contributed by atoms with van der Waals surface area (Å²) >= 11 is 0. The SMILES string of the molecule is Cc1cccc(OCc2nc(-c3ccc([N+](=O)[O-])cc3)no2)c1C. The minimum Gasteiger partial charge on any atom is -0.483 e. The minimum atomic E-state index is -0.455. The minimum absolute atomic E-state index is 0.0146. The van der Waals surface area contributed by atoms with Crippen molar-refractivity contribution in [2.24, 2.45) is 0 Å². The van der Waals surface area contributed by atoms with Crippen LogP contribution in [0.4, 0.5) is 5.69 Å². The van der Waals surface area contributed by atoms with Crippen LogP contribution in [0.5, 0.6) is 5.75 Å². The van der Waals surface area contributed by atoms with Gasteiger partial charge in [0.25, 0.3) is 11.6 Å². The van der Waals surface area contributed by atoms with Crippen molar-refractivity contribution in [1.82, 2.24) is 10.1 Å². The summed E-state index contributed by atoms with van der Waals surface area (Å²) in [6.45, 7) is 4.16. The van der Waals surface area contributed by atoms with Crippen LogP contribution in [0.2, 0.25) is 0 Å². The van der Waals surface area contributed by atoms with Crippen molar-refractivity contribution >= 4 is 5.69 Å². The summed E-state index contributed by atoms with van der Waals surface area (Å²) in [6, 6.07) is 11.8. The molecule has 1 heterocycles. The molecule has 7 heteroatoms. The number of aromatic nitrogens is 2. The van der Waals surface area contributed by atoms with Gasteiger partial charge in [0, 0.05) is 17.7 Å². The summed E-state index contributed by atoms with van der Waals surface area (Å²) in [5.74, 6) is 1.47. The highest BCUT2D eigenvalue weighted by atomic mass is 16.6. The van der Waals surface area contributed by atoms with Gasteiger partial charge in [0.15, 0.2) is 6.61 Å². The molecule has 0 amide bonds. The van der Waals surface area contributed by atoms with E-state index >= 15 is 0 Å². The maximum absolute atomic E-state index is 10.7. The van der Waals surface area contributed by atoms with Crippen molar-refractivity contribution in [3.8, 4) is 17.1 Å². The Labute approximate surface area is 138 Å². The largest absolute Gasteiger partial charge is 0.483 e. The third-order valence-corrected chi connectivity index (χ3v) is 3.71. The number of nitro groups is 1.